The highest BCUT2D eigenvalue weighted by molar-refractivity contribution is 14.1. The zero-order valence-electron chi connectivity index (χ0n) is 14.7. The van der Waals surface area contributed by atoms with Gasteiger partial charge in [0.1, 0.15) is 11.4 Å². The van der Waals surface area contributed by atoms with Crippen LogP contribution in [0.2, 0.25) is 0 Å². The molecule has 24 heavy (non-hydrogen) atoms. The van der Waals surface area contributed by atoms with Crippen molar-refractivity contribution < 1.29 is 4.74 Å². The maximum absolute atomic E-state index is 5.58. The molecule has 3 rings (SSSR count). The van der Waals surface area contributed by atoms with E-state index in [1.54, 1.807) is 18.4 Å². The Morgan fingerprint density at radius 1 is 1.25 bits per heavy atom. The van der Waals surface area contributed by atoms with E-state index in [1.807, 2.05) is 4.52 Å². The first-order valence-electron chi connectivity index (χ1n) is 8.20. The molecule has 0 fully saturated rings. The number of hydrogen-bond donors (Lipinski definition) is 0. The van der Waals surface area contributed by atoms with Crippen molar-refractivity contribution in [1.82, 2.24) is 14.6 Å². The van der Waals surface area contributed by atoms with Gasteiger partial charge in [-0.2, -0.15) is 5.10 Å². The van der Waals surface area contributed by atoms with E-state index >= 15 is 0 Å². The number of fused-ring (bicyclic) bond motifs is 1. The number of ether oxygens (including phenoxy) is 1. The smallest absolute Gasteiger partial charge is 0.158 e. The van der Waals surface area contributed by atoms with Gasteiger partial charge < -0.3 is 4.74 Å². The summed E-state index contributed by atoms with van der Waals surface area (Å²) >= 11 is 4.05. The van der Waals surface area contributed by atoms with Crippen LogP contribution in [0.4, 0.5) is 0 Å². The Bertz CT molecular complexity index is 880. The third kappa shape index (κ3) is 2.94. The fourth-order valence-electron chi connectivity index (χ4n) is 3.23. The first-order chi connectivity index (χ1) is 11.5. The summed E-state index contributed by atoms with van der Waals surface area (Å²) in [7, 11) is 1.72. The maximum atomic E-state index is 5.58. The Morgan fingerprint density at radius 3 is 2.58 bits per heavy atom. The average molecular weight is 455 g/mol. The van der Waals surface area contributed by atoms with E-state index in [9.17, 15) is 0 Å². The summed E-state index contributed by atoms with van der Waals surface area (Å²) in [4.78, 5) is 5.98. The first kappa shape index (κ1) is 17.7. The van der Waals surface area contributed by atoms with Crippen molar-refractivity contribution in [2.45, 2.75) is 46.5 Å². The molecule has 0 bridgehead atoms. The largest absolute Gasteiger partial charge is 0.495 e. The molecule has 0 saturated heterocycles. The number of hydrogen-bond acceptors (Lipinski definition) is 4. The molecule has 3 aromatic heterocycles. The highest BCUT2D eigenvalue weighted by Crippen LogP contribution is 2.41. The van der Waals surface area contributed by atoms with Gasteiger partial charge in [0.2, 0.25) is 0 Å². The fourth-order valence-corrected chi connectivity index (χ4v) is 5.11. The van der Waals surface area contributed by atoms with Crippen LogP contribution in [0.25, 0.3) is 16.2 Å². The average Bonchev–Trinajstić information content (AvgIpc) is 3.07. The van der Waals surface area contributed by atoms with E-state index in [0.29, 0.717) is 5.92 Å². The molecule has 3 heterocycles. The van der Waals surface area contributed by atoms with Crippen LogP contribution in [0.5, 0.6) is 5.75 Å². The van der Waals surface area contributed by atoms with Gasteiger partial charge >= 0.3 is 0 Å². The minimum Gasteiger partial charge on any atom is -0.495 e. The first-order valence-corrected chi connectivity index (χ1v) is 10.1. The lowest BCUT2D eigenvalue weighted by Gasteiger charge is -2.14. The Labute approximate surface area is 160 Å². The number of aromatic nitrogens is 3. The van der Waals surface area contributed by atoms with Crippen LogP contribution in [0, 0.1) is 16.7 Å². The molecule has 4 nitrogen and oxygen atoms in total. The number of rotatable bonds is 5. The number of thiophene rings is 1. The molecule has 0 radical (unpaired) electrons. The summed E-state index contributed by atoms with van der Waals surface area (Å²) < 4.78 is 8.79. The normalized spacial score (nSPS) is 11.6. The van der Waals surface area contributed by atoms with Crippen LogP contribution < -0.4 is 4.74 Å². The van der Waals surface area contributed by atoms with E-state index in [2.05, 4.69) is 62.4 Å². The van der Waals surface area contributed by atoms with Crippen LogP contribution in [-0.4, -0.2) is 21.7 Å². The van der Waals surface area contributed by atoms with Gasteiger partial charge in [0.05, 0.1) is 26.3 Å². The van der Waals surface area contributed by atoms with Gasteiger partial charge in [-0.3, -0.25) is 0 Å². The van der Waals surface area contributed by atoms with Crippen molar-refractivity contribution in [2.75, 3.05) is 7.11 Å². The van der Waals surface area contributed by atoms with Gasteiger partial charge in [-0.05, 0) is 61.3 Å². The second kappa shape index (κ2) is 7.00. The van der Waals surface area contributed by atoms with Crippen LogP contribution in [0.3, 0.4) is 0 Å². The minimum atomic E-state index is 0.509. The second-order valence-electron chi connectivity index (χ2n) is 5.98. The van der Waals surface area contributed by atoms with Crippen molar-refractivity contribution in [3.63, 3.8) is 0 Å². The quantitative estimate of drug-likeness (QED) is 0.471. The molecule has 0 aromatic carbocycles. The summed E-state index contributed by atoms with van der Waals surface area (Å²) in [5.41, 5.74) is 5.34. The number of halogens is 1. The molecule has 0 spiro atoms. The van der Waals surface area contributed by atoms with E-state index < -0.39 is 0 Å². The second-order valence-corrected chi connectivity index (χ2v) is 8.93. The SMILES string of the molecule is CCC(CC)c1cc(C)nn2c(-c3sc(I)cc3OC)c(C)nc12. The van der Waals surface area contributed by atoms with Crippen LogP contribution >= 0.6 is 33.9 Å². The molecule has 0 atom stereocenters. The van der Waals surface area contributed by atoms with Crippen LogP contribution in [0.1, 0.15) is 49.6 Å². The summed E-state index contributed by atoms with van der Waals surface area (Å²) in [6.45, 7) is 8.59. The van der Waals surface area contributed by atoms with E-state index in [1.165, 1.54) is 8.45 Å². The van der Waals surface area contributed by atoms with Gasteiger partial charge in [-0.1, -0.05) is 13.8 Å². The summed E-state index contributed by atoms with van der Waals surface area (Å²) in [5.74, 6) is 1.40. The van der Waals surface area contributed by atoms with Crippen molar-refractivity contribution in [1.29, 1.82) is 0 Å². The Morgan fingerprint density at radius 2 is 1.96 bits per heavy atom. The van der Waals surface area contributed by atoms with Crippen LogP contribution in [-0.2, 0) is 0 Å². The zero-order valence-corrected chi connectivity index (χ0v) is 17.7. The minimum absolute atomic E-state index is 0.509. The summed E-state index contributed by atoms with van der Waals surface area (Å²) in [6.07, 6.45) is 2.22. The predicted molar refractivity (Wildman–Crippen MR) is 108 cm³/mol. The van der Waals surface area contributed by atoms with E-state index in [0.717, 1.165) is 46.2 Å². The highest BCUT2D eigenvalue weighted by atomic mass is 127. The van der Waals surface area contributed by atoms with Crippen molar-refractivity contribution >= 4 is 39.6 Å². The standard InChI is InChI=1S/C18H22IN3OS/c1-6-12(7-2)13-8-10(3)21-22-16(11(4)20-18(13)22)17-14(23-5)9-15(19)24-17/h8-9,12H,6-7H2,1-5H3. The monoisotopic (exact) mass is 455 g/mol. The number of methoxy groups -OCH3 is 1. The molecule has 3 aromatic rings. The predicted octanol–water partition coefficient (Wildman–Crippen LogP) is 5.59. The molecule has 0 aliphatic heterocycles. The topological polar surface area (TPSA) is 39.4 Å². The number of aryl methyl sites for hydroxylation is 2. The number of imidazole rings is 1. The van der Waals surface area contributed by atoms with Gasteiger partial charge in [0, 0.05) is 11.6 Å². The van der Waals surface area contributed by atoms with E-state index in [-0.39, 0.29) is 0 Å². The Balaban J connectivity index is 2.32. The number of nitrogens with zero attached hydrogens (tertiary/aromatic N) is 3. The molecule has 128 valence electrons. The van der Waals surface area contributed by atoms with Gasteiger partial charge in [-0.15, -0.1) is 11.3 Å². The molecule has 0 N–H and O–H groups in total. The fraction of sp³-hybridized carbons (Fsp3) is 0.444. The van der Waals surface area contributed by atoms with Gasteiger partial charge in [-0.25, -0.2) is 9.50 Å². The molecule has 0 unspecified atom stereocenters. The summed E-state index contributed by atoms with van der Waals surface area (Å²) in [5, 5.41) is 4.77. The van der Waals surface area contributed by atoms with Gasteiger partial charge in [0.15, 0.2) is 5.65 Å². The third-order valence-electron chi connectivity index (χ3n) is 4.44. The molecule has 0 saturated carbocycles. The molecular formula is C18H22IN3OS. The summed E-state index contributed by atoms with van der Waals surface area (Å²) in [6, 6.07) is 4.26. The Hall–Kier alpha value is -1.15. The highest BCUT2D eigenvalue weighted by Gasteiger charge is 2.22. The zero-order chi connectivity index (χ0) is 17.4. The molecule has 0 aliphatic rings. The molecule has 0 aliphatic carbocycles. The Kier molecular flexibility index (Phi) is 5.15. The van der Waals surface area contributed by atoms with Crippen molar-refractivity contribution in [3.05, 3.63) is 32.0 Å². The lowest BCUT2D eigenvalue weighted by atomic mass is 9.95. The van der Waals surface area contributed by atoms with Crippen molar-refractivity contribution in [3.8, 4) is 16.3 Å². The third-order valence-corrected chi connectivity index (χ3v) is 6.32. The van der Waals surface area contributed by atoms with Crippen molar-refractivity contribution in [2.24, 2.45) is 0 Å². The van der Waals surface area contributed by atoms with Crippen LogP contribution in [0.15, 0.2) is 12.1 Å². The molecular weight excluding hydrogens is 433 g/mol. The lowest BCUT2D eigenvalue weighted by molar-refractivity contribution is 0.417. The van der Waals surface area contributed by atoms with E-state index in [4.69, 9.17) is 14.8 Å². The maximum Gasteiger partial charge on any atom is 0.158 e. The lowest BCUT2D eigenvalue weighted by Crippen LogP contribution is -2.05. The van der Waals surface area contributed by atoms with Gasteiger partial charge in [0.25, 0.3) is 0 Å². The molecule has 6 heteroatoms. The molecule has 0 amide bonds.